The molecule has 0 saturated carbocycles. The van der Waals surface area contributed by atoms with Crippen LogP contribution in [0.5, 0.6) is 17.2 Å². The molecular formula is C29H33N5O5. The summed E-state index contributed by atoms with van der Waals surface area (Å²) in [6.07, 6.45) is 0. The molecule has 1 aromatic heterocycles. The highest BCUT2D eigenvalue weighted by Gasteiger charge is 2.35. The molecule has 39 heavy (non-hydrogen) atoms. The first-order chi connectivity index (χ1) is 18.6. The number of hydrogen-bond acceptors (Lipinski definition) is 7. The number of carbonyl (C=O) groups is 2. The van der Waals surface area contributed by atoms with Crippen LogP contribution in [0.1, 0.15) is 32.4 Å². The number of para-hydroxylation sites is 1. The topological polar surface area (TPSA) is 108 Å². The summed E-state index contributed by atoms with van der Waals surface area (Å²) in [5.41, 5.74) is 1.78. The Morgan fingerprint density at radius 1 is 0.897 bits per heavy atom. The molecule has 4 aromatic rings. The van der Waals surface area contributed by atoms with Gasteiger partial charge in [-0.1, -0.05) is 23.4 Å². The second-order valence-corrected chi connectivity index (χ2v) is 9.99. The lowest BCUT2D eigenvalue weighted by Gasteiger charge is -2.34. The van der Waals surface area contributed by atoms with Gasteiger partial charge in [0.25, 0.3) is 0 Å². The van der Waals surface area contributed by atoms with Crippen molar-refractivity contribution >= 4 is 28.5 Å². The minimum Gasteiger partial charge on any atom is -0.497 e. The summed E-state index contributed by atoms with van der Waals surface area (Å²) in [6, 6.07) is 18.5. The summed E-state index contributed by atoms with van der Waals surface area (Å²) in [7, 11) is 4.61. The van der Waals surface area contributed by atoms with Crippen molar-refractivity contribution in [1.29, 1.82) is 0 Å². The second kappa shape index (κ2) is 11.4. The van der Waals surface area contributed by atoms with Gasteiger partial charge in [0.15, 0.2) is 0 Å². The number of rotatable bonds is 9. The number of carbonyl (C=O) groups excluding carboxylic acids is 2. The van der Waals surface area contributed by atoms with Crippen LogP contribution in [-0.4, -0.2) is 53.7 Å². The van der Waals surface area contributed by atoms with Gasteiger partial charge in [0.2, 0.25) is 11.8 Å². The van der Waals surface area contributed by atoms with Crippen LogP contribution in [0.25, 0.3) is 11.0 Å². The molecule has 10 heteroatoms. The van der Waals surface area contributed by atoms with Crippen molar-refractivity contribution in [3.63, 3.8) is 0 Å². The third kappa shape index (κ3) is 6.28. The van der Waals surface area contributed by atoms with E-state index in [0.717, 1.165) is 0 Å². The van der Waals surface area contributed by atoms with E-state index in [9.17, 15) is 9.59 Å². The minimum absolute atomic E-state index is 0.155. The molecule has 2 amide bonds. The molecule has 10 nitrogen and oxygen atoms in total. The Labute approximate surface area is 227 Å². The van der Waals surface area contributed by atoms with E-state index in [2.05, 4.69) is 15.6 Å². The monoisotopic (exact) mass is 531 g/mol. The third-order valence-electron chi connectivity index (χ3n) is 6.00. The van der Waals surface area contributed by atoms with Crippen LogP contribution in [0.2, 0.25) is 0 Å². The van der Waals surface area contributed by atoms with E-state index in [1.165, 1.54) is 23.8 Å². The van der Waals surface area contributed by atoms with Crippen molar-refractivity contribution < 1.29 is 23.8 Å². The maximum absolute atomic E-state index is 14.2. The number of anilines is 1. The molecule has 0 spiro atoms. The number of ether oxygens (including phenoxy) is 3. The number of aromatic nitrogens is 3. The van der Waals surface area contributed by atoms with Gasteiger partial charge < -0.3 is 19.5 Å². The van der Waals surface area contributed by atoms with Crippen molar-refractivity contribution in [1.82, 2.24) is 20.3 Å². The van der Waals surface area contributed by atoms with Crippen molar-refractivity contribution in [3.8, 4) is 17.2 Å². The zero-order valence-corrected chi connectivity index (χ0v) is 23.0. The van der Waals surface area contributed by atoms with E-state index in [1.807, 2.05) is 45.0 Å². The number of benzene rings is 3. The van der Waals surface area contributed by atoms with Gasteiger partial charge in [-0.05, 0) is 62.7 Å². The Kier molecular flexibility index (Phi) is 8.04. The van der Waals surface area contributed by atoms with Gasteiger partial charge in [0, 0.05) is 23.4 Å². The molecule has 1 atom stereocenters. The molecule has 0 saturated heterocycles. The standard InChI is InChI=1S/C29H33N5O5/c1-29(2,3)30-28(36)27(19-14-22(38-5)17-23(15-19)39-6)34(20-10-9-11-21(16-20)37-4)26(35)18-33-25-13-8-7-12-24(25)31-32-33/h7-17,27H,18H2,1-6H3,(H,30,36). The first kappa shape index (κ1) is 27.4. The molecule has 0 aliphatic carbocycles. The first-order valence-electron chi connectivity index (χ1n) is 12.4. The fraction of sp³-hybridized carbons (Fsp3) is 0.310. The molecule has 0 aliphatic heterocycles. The number of nitrogens with zero attached hydrogens (tertiary/aromatic N) is 4. The maximum atomic E-state index is 14.2. The Hall–Kier alpha value is -4.60. The average molecular weight is 532 g/mol. The molecule has 1 unspecified atom stereocenters. The molecule has 1 heterocycles. The lowest BCUT2D eigenvalue weighted by molar-refractivity contribution is -0.128. The van der Waals surface area contributed by atoms with Crippen molar-refractivity contribution in [2.24, 2.45) is 0 Å². The molecule has 0 bridgehead atoms. The number of fused-ring (bicyclic) bond motifs is 1. The van der Waals surface area contributed by atoms with Gasteiger partial charge >= 0.3 is 0 Å². The summed E-state index contributed by atoms with van der Waals surface area (Å²) >= 11 is 0. The van der Waals surface area contributed by atoms with E-state index >= 15 is 0 Å². The Morgan fingerprint density at radius 2 is 1.56 bits per heavy atom. The fourth-order valence-electron chi connectivity index (χ4n) is 4.28. The molecular weight excluding hydrogens is 498 g/mol. The largest absolute Gasteiger partial charge is 0.497 e. The Bertz CT molecular complexity index is 1450. The van der Waals surface area contributed by atoms with E-state index in [4.69, 9.17) is 14.2 Å². The van der Waals surface area contributed by atoms with Gasteiger partial charge in [0.1, 0.15) is 35.4 Å². The zero-order valence-electron chi connectivity index (χ0n) is 23.0. The smallest absolute Gasteiger partial charge is 0.249 e. The van der Waals surface area contributed by atoms with Gasteiger partial charge in [0.05, 0.1) is 26.8 Å². The fourth-order valence-corrected chi connectivity index (χ4v) is 4.28. The Morgan fingerprint density at radius 3 is 2.21 bits per heavy atom. The molecule has 1 N–H and O–H groups in total. The maximum Gasteiger partial charge on any atom is 0.249 e. The van der Waals surface area contributed by atoms with Crippen molar-refractivity contribution in [3.05, 3.63) is 72.3 Å². The van der Waals surface area contributed by atoms with E-state index in [1.54, 1.807) is 49.6 Å². The van der Waals surface area contributed by atoms with Gasteiger partial charge in [-0.3, -0.25) is 14.5 Å². The van der Waals surface area contributed by atoms with E-state index < -0.39 is 11.6 Å². The van der Waals surface area contributed by atoms with Gasteiger partial charge in [-0.2, -0.15) is 0 Å². The van der Waals surface area contributed by atoms with Crippen LogP contribution in [0.15, 0.2) is 66.7 Å². The minimum atomic E-state index is -1.08. The normalized spacial score (nSPS) is 12.1. The summed E-state index contributed by atoms with van der Waals surface area (Å²) in [5.74, 6) is 0.748. The van der Waals surface area contributed by atoms with Crippen LogP contribution in [0.3, 0.4) is 0 Å². The SMILES string of the molecule is COc1cc(OC)cc(C(C(=O)NC(C)(C)C)N(C(=O)Cn2nnc3ccccc32)c2cccc(OC)c2)c1. The molecule has 0 fully saturated rings. The van der Waals surface area contributed by atoms with E-state index in [-0.39, 0.29) is 18.4 Å². The number of amides is 2. The molecule has 4 rings (SSSR count). The highest BCUT2D eigenvalue weighted by Crippen LogP contribution is 2.35. The van der Waals surface area contributed by atoms with Crippen LogP contribution in [-0.2, 0) is 16.1 Å². The van der Waals surface area contributed by atoms with Crippen LogP contribution in [0, 0.1) is 0 Å². The summed E-state index contributed by atoms with van der Waals surface area (Å²) in [4.78, 5) is 29.6. The quantitative estimate of drug-likeness (QED) is 0.346. The lowest BCUT2D eigenvalue weighted by Crippen LogP contribution is -2.50. The first-order valence-corrected chi connectivity index (χ1v) is 12.4. The summed E-state index contributed by atoms with van der Waals surface area (Å²) in [6.45, 7) is 5.49. The summed E-state index contributed by atoms with van der Waals surface area (Å²) in [5, 5.41) is 11.4. The van der Waals surface area contributed by atoms with Crippen LogP contribution in [0.4, 0.5) is 5.69 Å². The molecule has 204 valence electrons. The number of methoxy groups -OCH3 is 3. The molecule has 0 radical (unpaired) electrons. The van der Waals surface area contributed by atoms with E-state index in [0.29, 0.717) is 39.5 Å². The number of nitrogens with one attached hydrogen (secondary N) is 1. The predicted octanol–water partition coefficient (Wildman–Crippen LogP) is 4.15. The lowest BCUT2D eigenvalue weighted by atomic mass is 10.00. The van der Waals surface area contributed by atoms with Crippen LogP contribution >= 0.6 is 0 Å². The highest BCUT2D eigenvalue weighted by molar-refractivity contribution is 6.02. The molecule has 3 aromatic carbocycles. The van der Waals surface area contributed by atoms with Gasteiger partial charge in [-0.25, -0.2) is 4.68 Å². The Balaban J connectivity index is 1.89. The molecule has 0 aliphatic rings. The van der Waals surface area contributed by atoms with Gasteiger partial charge in [-0.15, -0.1) is 5.10 Å². The third-order valence-corrected chi connectivity index (χ3v) is 6.00. The predicted molar refractivity (Wildman–Crippen MR) is 148 cm³/mol. The average Bonchev–Trinajstić information content (AvgIpc) is 3.32. The highest BCUT2D eigenvalue weighted by atomic mass is 16.5. The zero-order chi connectivity index (χ0) is 28.2. The number of hydrogen-bond donors (Lipinski definition) is 1. The van der Waals surface area contributed by atoms with Crippen molar-refractivity contribution in [2.45, 2.75) is 38.9 Å². The second-order valence-electron chi connectivity index (χ2n) is 9.99. The summed E-state index contributed by atoms with van der Waals surface area (Å²) < 4.78 is 17.9. The van der Waals surface area contributed by atoms with Crippen LogP contribution < -0.4 is 24.4 Å². The van der Waals surface area contributed by atoms with Crippen molar-refractivity contribution in [2.75, 3.05) is 26.2 Å².